The molecule has 1 aromatic carbocycles. The van der Waals surface area contributed by atoms with E-state index >= 15 is 0 Å². The second kappa shape index (κ2) is 9.49. The number of Topliss-reactive ketones (excluding diaryl/α,β-unsaturated/α-hetero) is 1. The molecule has 3 heterocycles. The topological polar surface area (TPSA) is 99.3 Å². The van der Waals surface area contributed by atoms with Crippen LogP contribution < -0.4 is 5.32 Å². The number of carbonyl (C=O) groups excluding carboxylic acids is 2. The highest BCUT2D eigenvalue weighted by atomic mass is 32.2. The highest BCUT2D eigenvalue weighted by molar-refractivity contribution is 7.99. The molecular formula is C22H24N4O4S. The van der Waals surface area contributed by atoms with Gasteiger partial charge in [-0.3, -0.25) is 14.2 Å². The third-order valence-corrected chi connectivity index (χ3v) is 6.10. The summed E-state index contributed by atoms with van der Waals surface area (Å²) >= 11 is 1.33. The van der Waals surface area contributed by atoms with Crippen molar-refractivity contribution in [3.63, 3.8) is 0 Å². The van der Waals surface area contributed by atoms with Gasteiger partial charge in [-0.2, -0.15) is 0 Å². The Balaban J connectivity index is 1.45. The zero-order valence-electron chi connectivity index (χ0n) is 17.5. The van der Waals surface area contributed by atoms with Crippen molar-refractivity contribution >= 4 is 29.1 Å². The van der Waals surface area contributed by atoms with E-state index in [4.69, 9.17) is 9.15 Å². The number of thioether (sulfide) groups is 1. The van der Waals surface area contributed by atoms with E-state index in [1.165, 1.54) is 18.7 Å². The fourth-order valence-corrected chi connectivity index (χ4v) is 4.23. The van der Waals surface area contributed by atoms with E-state index in [1.54, 1.807) is 30.5 Å². The molecule has 1 amide bonds. The number of carbonyl (C=O) groups is 2. The number of hydrogen-bond acceptors (Lipinski definition) is 7. The molecule has 1 fully saturated rings. The van der Waals surface area contributed by atoms with Crippen molar-refractivity contribution in [3.8, 4) is 11.4 Å². The van der Waals surface area contributed by atoms with E-state index in [9.17, 15) is 9.59 Å². The summed E-state index contributed by atoms with van der Waals surface area (Å²) in [6.07, 6.45) is 3.77. The van der Waals surface area contributed by atoms with Crippen LogP contribution in [0.5, 0.6) is 0 Å². The normalized spacial score (nSPS) is 15.9. The summed E-state index contributed by atoms with van der Waals surface area (Å²) in [6, 6.07) is 8.71. The Hall–Kier alpha value is -2.91. The highest BCUT2D eigenvalue weighted by Crippen LogP contribution is 2.29. The van der Waals surface area contributed by atoms with Gasteiger partial charge >= 0.3 is 0 Å². The molecule has 8 nitrogen and oxygen atoms in total. The quantitative estimate of drug-likeness (QED) is 0.418. The maximum absolute atomic E-state index is 12.5. The predicted molar refractivity (Wildman–Crippen MR) is 117 cm³/mol. The molecule has 1 atom stereocenters. The Morgan fingerprint density at radius 2 is 2.03 bits per heavy atom. The number of aromatic nitrogens is 3. The minimum absolute atomic E-state index is 0.0114. The summed E-state index contributed by atoms with van der Waals surface area (Å²) in [7, 11) is 0. The van der Waals surface area contributed by atoms with Crippen LogP contribution in [-0.4, -0.2) is 44.9 Å². The Morgan fingerprint density at radius 3 is 2.68 bits per heavy atom. The van der Waals surface area contributed by atoms with Gasteiger partial charge in [0.2, 0.25) is 5.91 Å². The van der Waals surface area contributed by atoms with Gasteiger partial charge in [0, 0.05) is 17.9 Å². The standard InChI is InChI=1S/C22H24N4O4S/c1-14(27)16-5-7-17(8-6-16)23-20(28)13-31-22-25-24-21(19-9-11-29-15(19)2)26(22)12-18-4-3-10-30-18/h5-9,11,18H,3-4,10,12-13H2,1-2H3,(H,23,28)/t18-/m0/s1. The van der Waals surface area contributed by atoms with Gasteiger partial charge in [-0.15, -0.1) is 10.2 Å². The molecule has 9 heteroatoms. The maximum Gasteiger partial charge on any atom is 0.234 e. The monoisotopic (exact) mass is 440 g/mol. The number of ketones is 1. The van der Waals surface area contributed by atoms with Crippen LogP contribution >= 0.6 is 11.8 Å². The number of ether oxygens (including phenoxy) is 1. The number of benzene rings is 1. The van der Waals surface area contributed by atoms with Crippen LogP contribution in [0.4, 0.5) is 5.69 Å². The first-order valence-electron chi connectivity index (χ1n) is 10.1. The first kappa shape index (κ1) is 21.3. The Morgan fingerprint density at radius 1 is 1.23 bits per heavy atom. The number of amides is 1. The van der Waals surface area contributed by atoms with Gasteiger partial charge < -0.3 is 14.5 Å². The molecule has 3 aromatic rings. The molecule has 31 heavy (non-hydrogen) atoms. The second-order valence-corrected chi connectivity index (χ2v) is 8.36. The molecule has 4 rings (SSSR count). The lowest BCUT2D eigenvalue weighted by molar-refractivity contribution is -0.113. The van der Waals surface area contributed by atoms with Crippen LogP contribution in [0.1, 0.15) is 35.9 Å². The Bertz CT molecular complexity index is 1070. The van der Waals surface area contributed by atoms with Crippen LogP contribution in [0.2, 0.25) is 0 Å². The number of rotatable bonds is 8. The average Bonchev–Trinajstić information content (AvgIpc) is 3.49. The Labute approximate surface area is 184 Å². The second-order valence-electron chi connectivity index (χ2n) is 7.41. The van der Waals surface area contributed by atoms with E-state index in [0.29, 0.717) is 28.8 Å². The summed E-state index contributed by atoms with van der Waals surface area (Å²) in [4.78, 5) is 23.8. The fraction of sp³-hybridized carbons (Fsp3) is 0.364. The van der Waals surface area contributed by atoms with Crippen molar-refractivity contribution in [1.29, 1.82) is 0 Å². The molecule has 1 N–H and O–H groups in total. The lowest BCUT2D eigenvalue weighted by Crippen LogP contribution is -2.18. The summed E-state index contributed by atoms with van der Waals surface area (Å²) in [5, 5.41) is 12.2. The third kappa shape index (κ3) is 5.05. The molecule has 162 valence electrons. The minimum atomic E-state index is -0.159. The van der Waals surface area contributed by atoms with Crippen molar-refractivity contribution in [3.05, 3.63) is 47.9 Å². The average molecular weight is 441 g/mol. The molecule has 0 aliphatic carbocycles. The molecule has 1 aliphatic heterocycles. The minimum Gasteiger partial charge on any atom is -0.469 e. The first-order valence-corrected chi connectivity index (χ1v) is 11.1. The van der Waals surface area contributed by atoms with Gasteiger partial charge in [-0.05, 0) is 57.0 Å². The van der Waals surface area contributed by atoms with Gasteiger partial charge in [0.1, 0.15) is 5.76 Å². The largest absolute Gasteiger partial charge is 0.469 e. The van der Waals surface area contributed by atoms with Gasteiger partial charge in [0.25, 0.3) is 0 Å². The zero-order valence-corrected chi connectivity index (χ0v) is 18.3. The zero-order chi connectivity index (χ0) is 21.8. The Kier molecular flexibility index (Phi) is 6.53. The van der Waals surface area contributed by atoms with Crippen molar-refractivity contribution < 1.29 is 18.7 Å². The number of anilines is 1. The van der Waals surface area contributed by atoms with Gasteiger partial charge in [-0.25, -0.2) is 0 Å². The third-order valence-electron chi connectivity index (χ3n) is 5.13. The van der Waals surface area contributed by atoms with E-state index in [0.717, 1.165) is 30.8 Å². The van der Waals surface area contributed by atoms with Crippen LogP contribution in [0.3, 0.4) is 0 Å². The van der Waals surface area contributed by atoms with Crippen LogP contribution in [0, 0.1) is 6.92 Å². The van der Waals surface area contributed by atoms with Crippen molar-refractivity contribution in [1.82, 2.24) is 14.8 Å². The van der Waals surface area contributed by atoms with Crippen molar-refractivity contribution in [2.45, 2.75) is 44.5 Å². The summed E-state index contributed by atoms with van der Waals surface area (Å²) < 4.78 is 13.2. The molecule has 0 spiro atoms. The van der Waals surface area contributed by atoms with E-state index in [-0.39, 0.29) is 23.5 Å². The van der Waals surface area contributed by atoms with Gasteiger partial charge in [0.05, 0.1) is 30.2 Å². The molecule has 0 saturated carbocycles. The van der Waals surface area contributed by atoms with E-state index in [1.807, 2.05) is 17.6 Å². The van der Waals surface area contributed by atoms with Crippen LogP contribution in [-0.2, 0) is 16.1 Å². The highest BCUT2D eigenvalue weighted by Gasteiger charge is 2.23. The number of nitrogens with one attached hydrogen (secondary N) is 1. The summed E-state index contributed by atoms with van der Waals surface area (Å²) in [5.74, 6) is 1.49. The van der Waals surface area contributed by atoms with E-state index < -0.39 is 0 Å². The number of furan rings is 1. The SMILES string of the molecule is CC(=O)c1ccc(NC(=O)CSc2nnc(-c3ccoc3C)n2C[C@@H]2CCCO2)cc1. The smallest absolute Gasteiger partial charge is 0.234 e. The molecule has 2 aromatic heterocycles. The number of hydrogen-bond donors (Lipinski definition) is 1. The van der Waals surface area contributed by atoms with Crippen LogP contribution in [0.15, 0.2) is 46.2 Å². The molecule has 1 aliphatic rings. The summed E-state index contributed by atoms with van der Waals surface area (Å²) in [5.41, 5.74) is 2.13. The molecular weight excluding hydrogens is 416 g/mol. The first-order chi connectivity index (χ1) is 15.0. The van der Waals surface area contributed by atoms with Gasteiger partial charge in [0.15, 0.2) is 16.8 Å². The fourth-order valence-electron chi connectivity index (χ4n) is 3.48. The number of aryl methyl sites for hydroxylation is 1. The lowest BCUT2D eigenvalue weighted by atomic mass is 10.1. The van der Waals surface area contributed by atoms with Crippen LogP contribution in [0.25, 0.3) is 11.4 Å². The lowest BCUT2D eigenvalue weighted by Gasteiger charge is -2.14. The summed E-state index contributed by atoms with van der Waals surface area (Å²) in [6.45, 7) is 4.79. The predicted octanol–water partition coefficient (Wildman–Crippen LogP) is 3.96. The number of nitrogens with zero attached hydrogens (tertiary/aromatic N) is 3. The van der Waals surface area contributed by atoms with E-state index in [2.05, 4.69) is 15.5 Å². The molecule has 0 radical (unpaired) electrons. The van der Waals surface area contributed by atoms with Crippen molar-refractivity contribution in [2.75, 3.05) is 17.7 Å². The van der Waals surface area contributed by atoms with Gasteiger partial charge in [-0.1, -0.05) is 11.8 Å². The maximum atomic E-state index is 12.5. The molecule has 0 unspecified atom stereocenters. The van der Waals surface area contributed by atoms with Crippen molar-refractivity contribution in [2.24, 2.45) is 0 Å². The molecule has 0 bridgehead atoms. The molecule has 1 saturated heterocycles.